The highest BCUT2D eigenvalue weighted by atomic mass is 79.9. The van der Waals surface area contributed by atoms with Crippen molar-refractivity contribution in [1.29, 1.82) is 0 Å². The number of hydrogen-bond donors (Lipinski definition) is 2. The Morgan fingerprint density at radius 3 is 2.69 bits per heavy atom. The third kappa shape index (κ3) is 5.74. The van der Waals surface area contributed by atoms with E-state index < -0.39 is 17.8 Å². The SMILES string of the molecule is CCOC(=O)c1c(NC(=O)C(=O)N/N=C\c2cc(Br)ccc2OCC)sc2c1CCCC2. The van der Waals surface area contributed by atoms with Crippen LogP contribution in [0.1, 0.15) is 53.1 Å². The average Bonchev–Trinajstić information content (AvgIpc) is 3.13. The van der Waals surface area contributed by atoms with Crippen molar-refractivity contribution in [3.8, 4) is 5.75 Å². The van der Waals surface area contributed by atoms with Gasteiger partial charge in [-0.2, -0.15) is 5.10 Å². The Morgan fingerprint density at radius 2 is 1.94 bits per heavy atom. The Morgan fingerprint density at radius 1 is 1.16 bits per heavy atom. The van der Waals surface area contributed by atoms with E-state index in [4.69, 9.17) is 9.47 Å². The first-order valence-electron chi connectivity index (χ1n) is 10.3. The van der Waals surface area contributed by atoms with E-state index in [2.05, 4.69) is 31.8 Å². The molecule has 0 fully saturated rings. The second-order valence-electron chi connectivity index (χ2n) is 6.90. The van der Waals surface area contributed by atoms with Crippen LogP contribution in [0.5, 0.6) is 5.75 Å². The summed E-state index contributed by atoms with van der Waals surface area (Å²) in [6.07, 6.45) is 4.99. The van der Waals surface area contributed by atoms with E-state index in [-0.39, 0.29) is 6.61 Å². The lowest BCUT2D eigenvalue weighted by Crippen LogP contribution is -2.32. The molecular weight excluding hydrogens is 498 g/mol. The maximum Gasteiger partial charge on any atom is 0.341 e. The summed E-state index contributed by atoms with van der Waals surface area (Å²) >= 11 is 4.70. The molecule has 0 radical (unpaired) electrons. The minimum absolute atomic E-state index is 0.228. The van der Waals surface area contributed by atoms with Crippen LogP contribution in [0.3, 0.4) is 0 Å². The van der Waals surface area contributed by atoms with Gasteiger partial charge in [-0.25, -0.2) is 10.2 Å². The predicted molar refractivity (Wildman–Crippen MR) is 127 cm³/mol. The number of hydrazone groups is 1. The third-order valence-electron chi connectivity index (χ3n) is 4.73. The fraction of sp³-hybridized carbons (Fsp3) is 0.364. The van der Waals surface area contributed by atoms with E-state index in [0.29, 0.717) is 28.5 Å². The molecule has 1 aliphatic carbocycles. The quantitative estimate of drug-likeness (QED) is 0.247. The van der Waals surface area contributed by atoms with Gasteiger partial charge in [-0.15, -0.1) is 11.3 Å². The fourth-order valence-corrected chi connectivity index (χ4v) is 5.00. The predicted octanol–water partition coefficient (Wildman–Crippen LogP) is 4.05. The van der Waals surface area contributed by atoms with Crippen molar-refractivity contribution < 1.29 is 23.9 Å². The number of fused-ring (bicyclic) bond motifs is 1. The Hall–Kier alpha value is -2.72. The number of nitrogens with one attached hydrogen (secondary N) is 2. The smallest absolute Gasteiger partial charge is 0.341 e. The number of hydrogen-bond acceptors (Lipinski definition) is 7. The Labute approximate surface area is 198 Å². The number of amides is 2. The average molecular weight is 522 g/mol. The number of thiophene rings is 1. The van der Waals surface area contributed by atoms with Crippen molar-refractivity contribution in [1.82, 2.24) is 5.43 Å². The largest absolute Gasteiger partial charge is 0.493 e. The fourth-order valence-electron chi connectivity index (χ4n) is 3.35. The molecule has 1 aromatic carbocycles. The van der Waals surface area contributed by atoms with Crippen LogP contribution in [0.2, 0.25) is 0 Å². The summed E-state index contributed by atoms with van der Waals surface area (Å²) < 4.78 is 11.5. The van der Waals surface area contributed by atoms with Gasteiger partial charge < -0.3 is 14.8 Å². The molecule has 0 unspecified atom stereocenters. The number of carbonyl (C=O) groups excluding carboxylic acids is 3. The number of carbonyl (C=O) groups is 3. The first-order valence-corrected chi connectivity index (χ1v) is 11.9. The number of anilines is 1. The van der Waals surface area contributed by atoms with E-state index in [1.165, 1.54) is 17.6 Å². The standard InChI is InChI=1S/C22H24BrN3O5S/c1-3-30-16-10-9-14(23)11-13(16)12-24-26-20(28)19(27)25-21-18(22(29)31-4-2)15-7-5-6-8-17(15)32-21/h9-12H,3-8H2,1-2H3,(H,25,27)(H,26,28)/b24-12-. The topological polar surface area (TPSA) is 106 Å². The first-order chi connectivity index (χ1) is 15.4. The van der Waals surface area contributed by atoms with E-state index in [0.717, 1.165) is 40.6 Å². The van der Waals surface area contributed by atoms with Crippen LogP contribution in [0.4, 0.5) is 5.00 Å². The van der Waals surface area contributed by atoms with Crippen molar-refractivity contribution in [2.75, 3.05) is 18.5 Å². The molecule has 0 bridgehead atoms. The molecule has 8 nitrogen and oxygen atoms in total. The van der Waals surface area contributed by atoms with Gasteiger partial charge in [0.2, 0.25) is 0 Å². The number of aryl methyl sites for hydroxylation is 1. The molecule has 170 valence electrons. The maximum atomic E-state index is 12.5. The van der Waals surface area contributed by atoms with Crippen LogP contribution in [-0.2, 0) is 27.2 Å². The zero-order valence-electron chi connectivity index (χ0n) is 17.8. The normalized spacial score (nSPS) is 12.8. The summed E-state index contributed by atoms with van der Waals surface area (Å²) in [4.78, 5) is 38.3. The lowest BCUT2D eigenvalue weighted by molar-refractivity contribution is -0.136. The molecule has 1 aromatic heterocycles. The number of benzene rings is 1. The van der Waals surface area contributed by atoms with Crippen molar-refractivity contribution in [2.45, 2.75) is 39.5 Å². The molecule has 0 atom stereocenters. The summed E-state index contributed by atoms with van der Waals surface area (Å²) in [5, 5.41) is 6.76. The zero-order chi connectivity index (χ0) is 23.1. The molecule has 0 saturated carbocycles. The molecule has 1 aliphatic rings. The van der Waals surface area contributed by atoms with Gasteiger partial charge in [0.05, 0.1) is 25.0 Å². The van der Waals surface area contributed by atoms with Gasteiger partial charge in [0.1, 0.15) is 10.8 Å². The Balaban J connectivity index is 1.71. The summed E-state index contributed by atoms with van der Waals surface area (Å²) in [5.74, 6) is -1.75. The van der Waals surface area contributed by atoms with Gasteiger partial charge in [0, 0.05) is 14.9 Å². The summed E-state index contributed by atoms with van der Waals surface area (Å²) in [6.45, 7) is 4.29. The second-order valence-corrected chi connectivity index (χ2v) is 8.92. The van der Waals surface area contributed by atoms with Gasteiger partial charge >= 0.3 is 17.8 Å². The van der Waals surface area contributed by atoms with Crippen LogP contribution in [0, 0.1) is 0 Å². The monoisotopic (exact) mass is 521 g/mol. The van der Waals surface area contributed by atoms with Crippen molar-refractivity contribution in [3.05, 3.63) is 44.2 Å². The molecule has 0 spiro atoms. The van der Waals surface area contributed by atoms with Gasteiger partial charge in [0.15, 0.2) is 0 Å². The molecule has 32 heavy (non-hydrogen) atoms. The van der Waals surface area contributed by atoms with Gasteiger partial charge in [-0.05, 0) is 63.3 Å². The van der Waals surface area contributed by atoms with Gasteiger partial charge in [0.25, 0.3) is 0 Å². The van der Waals surface area contributed by atoms with E-state index in [9.17, 15) is 14.4 Å². The summed E-state index contributed by atoms with van der Waals surface area (Å²) in [6, 6.07) is 5.39. The summed E-state index contributed by atoms with van der Waals surface area (Å²) in [5.41, 5.74) is 4.11. The minimum atomic E-state index is -0.949. The van der Waals surface area contributed by atoms with Crippen molar-refractivity contribution in [3.63, 3.8) is 0 Å². The zero-order valence-corrected chi connectivity index (χ0v) is 20.2. The van der Waals surface area contributed by atoms with Crippen LogP contribution in [0.25, 0.3) is 0 Å². The molecule has 0 aliphatic heterocycles. The molecule has 2 amide bonds. The molecule has 10 heteroatoms. The van der Waals surface area contributed by atoms with Crippen LogP contribution in [0.15, 0.2) is 27.8 Å². The lowest BCUT2D eigenvalue weighted by Gasteiger charge is -2.12. The number of halogens is 1. The second kappa shape index (κ2) is 11.2. The number of rotatable bonds is 7. The molecule has 3 rings (SSSR count). The van der Waals surface area contributed by atoms with Crippen LogP contribution < -0.4 is 15.5 Å². The third-order valence-corrected chi connectivity index (χ3v) is 6.43. The van der Waals surface area contributed by atoms with Gasteiger partial charge in [-0.3, -0.25) is 9.59 Å². The lowest BCUT2D eigenvalue weighted by atomic mass is 9.95. The summed E-state index contributed by atoms with van der Waals surface area (Å²) in [7, 11) is 0. The molecule has 2 aromatic rings. The highest BCUT2D eigenvalue weighted by Crippen LogP contribution is 2.38. The Bertz CT molecular complexity index is 1050. The first kappa shape index (κ1) is 23.9. The van der Waals surface area contributed by atoms with Gasteiger partial charge in [-0.1, -0.05) is 15.9 Å². The highest BCUT2D eigenvalue weighted by molar-refractivity contribution is 9.10. The number of ether oxygens (including phenoxy) is 2. The highest BCUT2D eigenvalue weighted by Gasteiger charge is 2.28. The molecule has 2 N–H and O–H groups in total. The number of esters is 1. The molecule has 0 saturated heterocycles. The number of nitrogens with zero attached hydrogens (tertiary/aromatic N) is 1. The minimum Gasteiger partial charge on any atom is -0.493 e. The molecular formula is C22H24BrN3O5S. The van der Waals surface area contributed by atoms with Crippen LogP contribution in [-0.4, -0.2) is 37.2 Å². The maximum absolute atomic E-state index is 12.5. The van der Waals surface area contributed by atoms with E-state index in [1.807, 2.05) is 13.0 Å². The van der Waals surface area contributed by atoms with E-state index in [1.54, 1.807) is 19.1 Å². The van der Waals surface area contributed by atoms with E-state index >= 15 is 0 Å². The molecule has 1 heterocycles. The van der Waals surface area contributed by atoms with Crippen molar-refractivity contribution in [2.24, 2.45) is 5.10 Å². The Kier molecular flexibility index (Phi) is 8.40. The van der Waals surface area contributed by atoms with Crippen LogP contribution >= 0.6 is 27.3 Å². The van der Waals surface area contributed by atoms with Crippen molar-refractivity contribution >= 4 is 56.3 Å².